The molecule has 1 atom stereocenters. The van der Waals surface area contributed by atoms with Crippen molar-refractivity contribution in [3.63, 3.8) is 0 Å². The summed E-state index contributed by atoms with van der Waals surface area (Å²) >= 11 is 1.75. The highest BCUT2D eigenvalue weighted by Crippen LogP contribution is 2.36. The van der Waals surface area contributed by atoms with Crippen LogP contribution in [0.2, 0.25) is 0 Å². The molecule has 0 bridgehead atoms. The first-order valence-corrected chi connectivity index (χ1v) is 12.5. The monoisotopic (exact) mass is 474 g/mol. The molecule has 10 heteroatoms. The highest BCUT2D eigenvalue weighted by molar-refractivity contribution is 7.98. The van der Waals surface area contributed by atoms with Crippen LogP contribution >= 0.6 is 11.9 Å². The van der Waals surface area contributed by atoms with Gasteiger partial charge in [0, 0.05) is 66.4 Å². The molecule has 0 aromatic carbocycles. The number of carbonyl (C=O) groups is 1. The SMILES string of the molecule is CC(C)n1cc(C2CNC(=O)C2)c2cnc(Nc3ccnc(-c4cnn(SC5CC5)c4)n3)cc21. The molecule has 9 nitrogen and oxygen atoms in total. The van der Waals surface area contributed by atoms with Gasteiger partial charge in [0.05, 0.1) is 17.3 Å². The normalized spacial score (nSPS) is 18.1. The summed E-state index contributed by atoms with van der Waals surface area (Å²) in [5.41, 5.74) is 3.15. The Morgan fingerprint density at radius 1 is 1.18 bits per heavy atom. The summed E-state index contributed by atoms with van der Waals surface area (Å²) in [6.45, 7) is 5.00. The van der Waals surface area contributed by atoms with Crippen molar-refractivity contribution in [3.8, 4) is 11.4 Å². The Morgan fingerprint density at radius 2 is 2.06 bits per heavy atom. The van der Waals surface area contributed by atoms with E-state index in [1.54, 1.807) is 24.3 Å². The average Bonchev–Trinajstić information content (AvgIpc) is 3.19. The lowest BCUT2D eigenvalue weighted by Gasteiger charge is -2.10. The largest absolute Gasteiger partial charge is 0.355 e. The van der Waals surface area contributed by atoms with E-state index in [2.05, 4.69) is 61.4 Å². The van der Waals surface area contributed by atoms with Crippen molar-refractivity contribution < 1.29 is 4.79 Å². The number of anilines is 2. The Labute approximate surface area is 201 Å². The quantitative estimate of drug-likeness (QED) is 0.412. The van der Waals surface area contributed by atoms with E-state index in [-0.39, 0.29) is 17.9 Å². The molecule has 1 aliphatic carbocycles. The second kappa shape index (κ2) is 8.43. The summed E-state index contributed by atoms with van der Waals surface area (Å²) in [6, 6.07) is 4.17. The zero-order valence-corrected chi connectivity index (χ0v) is 19.9. The minimum absolute atomic E-state index is 0.109. The van der Waals surface area contributed by atoms with Crippen LogP contribution in [0.5, 0.6) is 0 Å². The second-order valence-corrected chi connectivity index (χ2v) is 10.5. The first-order chi connectivity index (χ1) is 16.5. The predicted molar refractivity (Wildman–Crippen MR) is 133 cm³/mol. The van der Waals surface area contributed by atoms with Gasteiger partial charge in [-0.2, -0.15) is 5.10 Å². The standard InChI is InChI=1S/C24H26N8OS/c1-14(2)31-13-19(15-7-23(33)27-9-15)18-11-26-22(8-20(18)31)29-21-5-6-25-24(30-21)16-10-28-32(12-16)34-17-3-4-17/h5-6,8,10-15,17H,3-4,7,9H2,1-2H3,(H,27,33)(H,25,26,29,30). The maximum Gasteiger partial charge on any atom is 0.220 e. The average molecular weight is 475 g/mol. The molecule has 1 aliphatic heterocycles. The lowest BCUT2D eigenvalue weighted by Crippen LogP contribution is -2.13. The molecule has 0 radical (unpaired) electrons. The van der Waals surface area contributed by atoms with Gasteiger partial charge in [0.2, 0.25) is 5.91 Å². The van der Waals surface area contributed by atoms with Crippen molar-refractivity contribution in [2.75, 3.05) is 11.9 Å². The molecule has 34 heavy (non-hydrogen) atoms. The Balaban J connectivity index is 1.28. The molecule has 174 valence electrons. The number of nitrogens with zero attached hydrogens (tertiary/aromatic N) is 6. The third-order valence-electron chi connectivity index (χ3n) is 6.23. The fourth-order valence-corrected chi connectivity index (χ4v) is 5.25. The summed E-state index contributed by atoms with van der Waals surface area (Å²) in [5.74, 6) is 2.30. The fourth-order valence-electron chi connectivity index (χ4n) is 4.32. The predicted octanol–water partition coefficient (Wildman–Crippen LogP) is 4.28. The molecule has 1 saturated carbocycles. The Morgan fingerprint density at radius 3 is 2.82 bits per heavy atom. The van der Waals surface area contributed by atoms with E-state index < -0.39 is 0 Å². The Bertz CT molecular complexity index is 1370. The molecule has 1 saturated heterocycles. The first-order valence-electron chi connectivity index (χ1n) is 11.6. The molecule has 2 fully saturated rings. The van der Waals surface area contributed by atoms with Crippen molar-refractivity contribution in [3.05, 3.63) is 48.7 Å². The van der Waals surface area contributed by atoms with Gasteiger partial charge in [-0.25, -0.2) is 19.0 Å². The van der Waals surface area contributed by atoms with Gasteiger partial charge in [0.25, 0.3) is 0 Å². The maximum atomic E-state index is 11.8. The number of carbonyl (C=O) groups excluding carboxylic acids is 1. The number of aromatic nitrogens is 6. The van der Waals surface area contributed by atoms with Gasteiger partial charge in [0.1, 0.15) is 11.6 Å². The van der Waals surface area contributed by atoms with Crippen LogP contribution in [0.1, 0.15) is 50.6 Å². The van der Waals surface area contributed by atoms with E-state index in [4.69, 9.17) is 0 Å². The molecule has 0 spiro atoms. The molecular weight excluding hydrogens is 448 g/mol. The van der Waals surface area contributed by atoms with Crippen molar-refractivity contribution in [2.24, 2.45) is 0 Å². The van der Waals surface area contributed by atoms with Gasteiger partial charge >= 0.3 is 0 Å². The number of hydrogen-bond donors (Lipinski definition) is 2. The summed E-state index contributed by atoms with van der Waals surface area (Å²) in [7, 11) is 0. The first kappa shape index (κ1) is 21.2. The van der Waals surface area contributed by atoms with E-state index in [9.17, 15) is 4.79 Å². The van der Waals surface area contributed by atoms with Crippen LogP contribution in [0.25, 0.3) is 22.3 Å². The summed E-state index contributed by atoms with van der Waals surface area (Å²) in [6.07, 6.45) is 12.6. The van der Waals surface area contributed by atoms with E-state index >= 15 is 0 Å². The van der Waals surface area contributed by atoms with E-state index in [0.717, 1.165) is 16.5 Å². The van der Waals surface area contributed by atoms with Gasteiger partial charge in [0.15, 0.2) is 5.82 Å². The van der Waals surface area contributed by atoms with Gasteiger partial charge in [-0.3, -0.25) is 4.79 Å². The van der Waals surface area contributed by atoms with Gasteiger partial charge in [-0.15, -0.1) is 0 Å². The molecule has 1 unspecified atom stereocenters. The number of amides is 1. The Kier molecular flexibility index (Phi) is 5.24. The smallest absolute Gasteiger partial charge is 0.220 e. The summed E-state index contributed by atoms with van der Waals surface area (Å²) in [5, 5.41) is 12.5. The van der Waals surface area contributed by atoms with Crippen molar-refractivity contribution in [1.29, 1.82) is 0 Å². The molecular formula is C24H26N8OS. The maximum absolute atomic E-state index is 11.8. The van der Waals surface area contributed by atoms with Crippen LogP contribution in [0.4, 0.5) is 11.6 Å². The van der Waals surface area contributed by atoms with Crippen molar-refractivity contribution in [2.45, 2.75) is 50.3 Å². The van der Waals surface area contributed by atoms with Crippen LogP contribution in [0.15, 0.2) is 43.1 Å². The minimum atomic E-state index is 0.109. The van der Waals surface area contributed by atoms with E-state index in [1.807, 2.05) is 22.5 Å². The van der Waals surface area contributed by atoms with Gasteiger partial charge in [-0.1, -0.05) is 0 Å². The highest BCUT2D eigenvalue weighted by Gasteiger charge is 2.27. The third kappa shape index (κ3) is 4.13. The van der Waals surface area contributed by atoms with Gasteiger partial charge < -0.3 is 15.2 Å². The summed E-state index contributed by atoms with van der Waals surface area (Å²) in [4.78, 5) is 25.6. The second-order valence-electron chi connectivity index (χ2n) is 9.20. The topological polar surface area (TPSA) is 103 Å². The summed E-state index contributed by atoms with van der Waals surface area (Å²) < 4.78 is 4.15. The highest BCUT2D eigenvalue weighted by atomic mass is 32.2. The zero-order valence-electron chi connectivity index (χ0n) is 19.1. The zero-order chi connectivity index (χ0) is 23.2. The van der Waals surface area contributed by atoms with Crippen LogP contribution in [-0.4, -0.2) is 46.4 Å². The van der Waals surface area contributed by atoms with Crippen LogP contribution < -0.4 is 10.6 Å². The van der Waals surface area contributed by atoms with E-state index in [0.29, 0.717) is 35.7 Å². The van der Waals surface area contributed by atoms with Crippen LogP contribution in [0.3, 0.4) is 0 Å². The van der Waals surface area contributed by atoms with E-state index in [1.165, 1.54) is 18.4 Å². The molecule has 6 rings (SSSR count). The Hall–Kier alpha value is -3.40. The minimum Gasteiger partial charge on any atom is -0.355 e. The molecule has 4 aromatic heterocycles. The lowest BCUT2D eigenvalue weighted by molar-refractivity contribution is -0.119. The molecule has 5 heterocycles. The third-order valence-corrected chi connectivity index (χ3v) is 7.42. The molecule has 1 amide bonds. The van der Waals surface area contributed by atoms with Crippen LogP contribution in [-0.2, 0) is 4.79 Å². The van der Waals surface area contributed by atoms with Crippen LogP contribution in [0, 0.1) is 0 Å². The molecule has 2 N–H and O–H groups in total. The van der Waals surface area contributed by atoms with Gasteiger partial charge in [-0.05, 0) is 50.3 Å². The number of pyridine rings is 1. The number of fused-ring (bicyclic) bond motifs is 1. The van der Waals surface area contributed by atoms with Crippen molar-refractivity contribution in [1.82, 2.24) is 34.0 Å². The molecule has 2 aliphatic rings. The number of rotatable bonds is 7. The number of nitrogens with one attached hydrogen (secondary N) is 2. The van der Waals surface area contributed by atoms with Crippen molar-refractivity contribution >= 4 is 40.4 Å². The number of hydrogen-bond acceptors (Lipinski definition) is 7. The lowest BCUT2D eigenvalue weighted by atomic mass is 9.98. The fraction of sp³-hybridized carbons (Fsp3) is 0.375. The molecule has 4 aromatic rings.